The van der Waals surface area contributed by atoms with Crippen molar-refractivity contribution < 1.29 is 0 Å². The number of fused-ring (bicyclic) bond motifs is 3. The first kappa shape index (κ1) is 19.3. The maximum atomic E-state index is 4.76. The summed E-state index contributed by atoms with van der Waals surface area (Å²) in [6.45, 7) is 4.48. The average molecular weight is 426 g/mol. The molecular formula is C25H27N7. The molecule has 32 heavy (non-hydrogen) atoms. The van der Waals surface area contributed by atoms with Crippen molar-refractivity contribution in [3.8, 4) is 11.3 Å². The highest BCUT2D eigenvalue weighted by atomic mass is 15.3. The van der Waals surface area contributed by atoms with E-state index in [0.29, 0.717) is 18.0 Å². The van der Waals surface area contributed by atoms with Crippen LogP contribution in [-0.2, 0) is 7.05 Å². The molecule has 0 unspecified atom stereocenters. The molecule has 0 aliphatic carbocycles. The predicted molar refractivity (Wildman–Crippen MR) is 128 cm³/mol. The molecule has 2 fully saturated rings. The molecule has 4 aromatic rings. The van der Waals surface area contributed by atoms with Gasteiger partial charge in [0.1, 0.15) is 0 Å². The zero-order valence-corrected chi connectivity index (χ0v) is 18.7. The van der Waals surface area contributed by atoms with Crippen molar-refractivity contribution in [2.45, 2.75) is 25.4 Å². The van der Waals surface area contributed by atoms with Gasteiger partial charge in [-0.3, -0.25) is 4.90 Å². The fourth-order valence-corrected chi connectivity index (χ4v) is 5.21. The maximum absolute atomic E-state index is 4.76. The largest absolute Gasteiger partial charge is 0.365 e. The average Bonchev–Trinajstić information content (AvgIpc) is 3.48. The lowest BCUT2D eigenvalue weighted by molar-refractivity contribution is 0.292. The maximum Gasteiger partial charge on any atom is 0.227 e. The Morgan fingerprint density at radius 2 is 1.88 bits per heavy atom. The quantitative estimate of drug-likeness (QED) is 0.534. The minimum Gasteiger partial charge on any atom is -0.365 e. The van der Waals surface area contributed by atoms with Gasteiger partial charge in [-0.2, -0.15) is 0 Å². The van der Waals surface area contributed by atoms with Gasteiger partial charge < -0.3 is 14.8 Å². The number of hydrogen-bond donors (Lipinski definition) is 1. The Morgan fingerprint density at radius 3 is 2.66 bits per heavy atom. The Labute approximate surface area is 187 Å². The summed E-state index contributed by atoms with van der Waals surface area (Å²) < 4.78 is 2.02. The molecule has 0 saturated carbocycles. The molecule has 6 rings (SSSR count). The fraction of sp³-hybridized carbons (Fsp3) is 0.320. The summed E-state index contributed by atoms with van der Waals surface area (Å²) in [7, 11) is 4.24. The lowest BCUT2D eigenvalue weighted by atomic mass is 10.1. The second-order valence-corrected chi connectivity index (χ2v) is 9.09. The minimum atomic E-state index is 0.599. The number of hydrogen-bond acceptors (Lipinski definition) is 6. The molecule has 0 radical (unpaired) electrons. The van der Waals surface area contributed by atoms with E-state index in [-0.39, 0.29) is 0 Å². The first-order valence-electron chi connectivity index (χ1n) is 11.1. The van der Waals surface area contributed by atoms with Crippen molar-refractivity contribution in [1.82, 2.24) is 24.4 Å². The topological polar surface area (TPSA) is 62.1 Å². The van der Waals surface area contributed by atoms with E-state index in [1.807, 2.05) is 30.1 Å². The number of likely N-dealkylation sites (tertiary alicyclic amines) is 1. The van der Waals surface area contributed by atoms with E-state index in [1.165, 1.54) is 17.7 Å². The highest BCUT2D eigenvalue weighted by Gasteiger charge is 2.41. The van der Waals surface area contributed by atoms with Gasteiger partial charge in [0.2, 0.25) is 5.95 Å². The van der Waals surface area contributed by atoms with E-state index in [9.17, 15) is 0 Å². The van der Waals surface area contributed by atoms with E-state index >= 15 is 0 Å². The van der Waals surface area contributed by atoms with Crippen molar-refractivity contribution in [3.63, 3.8) is 0 Å². The molecule has 2 aliphatic rings. The van der Waals surface area contributed by atoms with Crippen LogP contribution in [0, 0.1) is 6.92 Å². The van der Waals surface area contributed by atoms with Crippen LogP contribution < -0.4 is 10.2 Å². The van der Waals surface area contributed by atoms with E-state index < -0.39 is 0 Å². The molecule has 7 nitrogen and oxygen atoms in total. The molecule has 2 saturated heterocycles. The van der Waals surface area contributed by atoms with Gasteiger partial charge in [-0.25, -0.2) is 15.0 Å². The Kier molecular flexibility index (Phi) is 4.40. The lowest BCUT2D eigenvalue weighted by Gasteiger charge is -2.34. The van der Waals surface area contributed by atoms with Gasteiger partial charge in [-0.15, -0.1) is 0 Å². The predicted octanol–water partition coefficient (Wildman–Crippen LogP) is 3.98. The van der Waals surface area contributed by atoms with E-state index in [2.05, 4.69) is 69.4 Å². The summed E-state index contributed by atoms with van der Waals surface area (Å²) in [5.41, 5.74) is 7.63. The van der Waals surface area contributed by atoms with Crippen LogP contribution in [0.15, 0.2) is 55.0 Å². The number of likely N-dealkylation sites (N-methyl/N-ethyl adjacent to an activating group) is 1. The van der Waals surface area contributed by atoms with E-state index in [1.54, 1.807) is 6.20 Å². The molecule has 162 valence electrons. The number of aryl methyl sites for hydroxylation is 2. The van der Waals surface area contributed by atoms with Crippen LogP contribution in [0.2, 0.25) is 0 Å². The van der Waals surface area contributed by atoms with Gasteiger partial charge in [0.05, 0.1) is 23.1 Å². The van der Waals surface area contributed by atoms with Crippen molar-refractivity contribution in [1.29, 1.82) is 0 Å². The molecule has 2 atom stereocenters. The molecule has 4 heterocycles. The summed E-state index contributed by atoms with van der Waals surface area (Å²) in [6.07, 6.45) is 4.91. The molecule has 2 bridgehead atoms. The van der Waals surface area contributed by atoms with Crippen LogP contribution in [0.1, 0.15) is 12.0 Å². The molecule has 0 spiro atoms. The number of benzene rings is 2. The van der Waals surface area contributed by atoms with Gasteiger partial charge in [-0.1, -0.05) is 6.07 Å². The minimum absolute atomic E-state index is 0.599. The van der Waals surface area contributed by atoms with Crippen LogP contribution in [0.3, 0.4) is 0 Å². The van der Waals surface area contributed by atoms with Crippen LogP contribution in [0.5, 0.6) is 0 Å². The summed E-state index contributed by atoms with van der Waals surface area (Å²) in [5.74, 6) is 0.599. The first-order chi connectivity index (χ1) is 15.5. The highest BCUT2D eigenvalue weighted by Crippen LogP contribution is 2.36. The van der Waals surface area contributed by atoms with E-state index in [0.717, 1.165) is 41.1 Å². The Morgan fingerprint density at radius 1 is 0.969 bits per heavy atom. The zero-order chi connectivity index (χ0) is 21.8. The number of rotatable bonds is 4. The number of aromatic nitrogens is 4. The first-order valence-corrected chi connectivity index (χ1v) is 11.1. The van der Waals surface area contributed by atoms with Crippen LogP contribution >= 0.6 is 0 Å². The van der Waals surface area contributed by atoms with Crippen molar-refractivity contribution in [2.75, 3.05) is 30.4 Å². The Balaban J connectivity index is 1.24. The van der Waals surface area contributed by atoms with Crippen LogP contribution in [-0.4, -0.2) is 56.6 Å². The third-order valence-corrected chi connectivity index (χ3v) is 6.95. The van der Waals surface area contributed by atoms with Crippen molar-refractivity contribution in [3.05, 3.63) is 60.6 Å². The molecule has 0 amide bonds. The number of anilines is 3. The van der Waals surface area contributed by atoms with Gasteiger partial charge in [0.25, 0.3) is 0 Å². The van der Waals surface area contributed by atoms with Crippen molar-refractivity contribution >= 4 is 28.4 Å². The summed E-state index contributed by atoms with van der Waals surface area (Å²) >= 11 is 0. The smallest absolute Gasteiger partial charge is 0.227 e. The van der Waals surface area contributed by atoms with Crippen LogP contribution in [0.25, 0.3) is 22.3 Å². The number of nitrogens with one attached hydrogen (secondary N) is 1. The zero-order valence-electron chi connectivity index (χ0n) is 18.7. The fourth-order valence-electron chi connectivity index (χ4n) is 5.21. The standard InChI is InChI=1S/C25H27N7/c1-16-10-18(5-7-23(16)32-14-19-12-20(32)13-30(19)2)28-25-26-9-8-21(29-25)17-4-6-22-24(11-17)31(3)15-27-22/h4-11,15,19-20H,12-14H2,1-3H3,(H,26,28,29)/t19-,20-/m0/s1. The normalized spacial score (nSPS) is 20.4. The van der Waals surface area contributed by atoms with Gasteiger partial charge in [-0.05, 0) is 62.4 Å². The monoisotopic (exact) mass is 425 g/mol. The molecule has 2 aliphatic heterocycles. The molecular weight excluding hydrogens is 398 g/mol. The molecule has 2 aromatic heterocycles. The molecule has 2 aromatic carbocycles. The third kappa shape index (κ3) is 3.20. The number of piperazine rings is 1. The molecule has 1 N–H and O–H groups in total. The summed E-state index contributed by atoms with van der Waals surface area (Å²) in [5, 5.41) is 3.39. The number of imidazole rings is 1. The third-order valence-electron chi connectivity index (χ3n) is 6.95. The number of nitrogens with zero attached hydrogens (tertiary/aromatic N) is 6. The lowest BCUT2D eigenvalue weighted by Crippen LogP contribution is -2.44. The Hall–Kier alpha value is -3.45. The van der Waals surface area contributed by atoms with Crippen molar-refractivity contribution in [2.24, 2.45) is 7.05 Å². The van der Waals surface area contributed by atoms with Crippen LogP contribution in [0.4, 0.5) is 17.3 Å². The van der Waals surface area contributed by atoms with Gasteiger partial charge in [0.15, 0.2) is 0 Å². The SMILES string of the molecule is Cc1cc(Nc2nccc(-c3ccc4ncn(C)c4c3)n2)ccc1N1C[C@@H]2C[C@H]1CN2C. The summed E-state index contributed by atoms with van der Waals surface area (Å²) in [4.78, 5) is 18.7. The summed E-state index contributed by atoms with van der Waals surface area (Å²) in [6, 6.07) is 16.0. The van der Waals surface area contributed by atoms with Gasteiger partial charge in [0, 0.05) is 55.4 Å². The highest BCUT2D eigenvalue weighted by molar-refractivity contribution is 5.81. The second-order valence-electron chi connectivity index (χ2n) is 9.09. The second kappa shape index (κ2) is 7.31. The molecule has 7 heteroatoms. The van der Waals surface area contributed by atoms with Gasteiger partial charge >= 0.3 is 0 Å². The van der Waals surface area contributed by atoms with E-state index in [4.69, 9.17) is 4.98 Å². The Bertz CT molecular complexity index is 1310.